The van der Waals surface area contributed by atoms with Crippen LogP contribution in [0.25, 0.3) is 11.3 Å². The Morgan fingerprint density at radius 2 is 1.97 bits per heavy atom. The van der Waals surface area contributed by atoms with Gasteiger partial charge in [0, 0.05) is 23.5 Å². The van der Waals surface area contributed by atoms with Crippen molar-refractivity contribution in [3.63, 3.8) is 0 Å². The number of halogens is 1. The van der Waals surface area contributed by atoms with Crippen LogP contribution in [0.5, 0.6) is 0 Å². The minimum atomic E-state index is -0.665. The molecule has 0 radical (unpaired) electrons. The topological polar surface area (TPSA) is 77.0 Å². The zero-order chi connectivity index (χ0) is 23.5. The average Bonchev–Trinajstić information content (AvgIpc) is 3.32. The summed E-state index contributed by atoms with van der Waals surface area (Å²) in [5, 5.41) is 4.85. The van der Waals surface area contributed by atoms with Crippen LogP contribution in [0.3, 0.4) is 0 Å². The monoisotopic (exact) mass is 466 g/mol. The number of carbonyl (C=O) groups is 1. The molecule has 0 unspecified atom stereocenters. The minimum Gasteiger partial charge on any atom is -0.443 e. The fraction of sp³-hybridized carbons (Fsp3) is 0.417. The van der Waals surface area contributed by atoms with Crippen molar-refractivity contribution >= 4 is 34.8 Å². The van der Waals surface area contributed by atoms with Crippen molar-refractivity contribution in [2.24, 2.45) is 0 Å². The van der Waals surface area contributed by atoms with E-state index in [-0.39, 0.29) is 6.54 Å². The summed E-state index contributed by atoms with van der Waals surface area (Å²) in [5.74, 6) is 0.942. The van der Waals surface area contributed by atoms with Gasteiger partial charge in [0.15, 0.2) is 5.65 Å². The molecule has 0 bridgehead atoms. The predicted octanol–water partition coefficient (Wildman–Crippen LogP) is 5.47. The molecule has 33 heavy (non-hydrogen) atoms. The van der Waals surface area contributed by atoms with Crippen LogP contribution in [-0.2, 0) is 11.3 Å². The van der Waals surface area contributed by atoms with Gasteiger partial charge in [-0.1, -0.05) is 11.6 Å². The molecule has 1 aliphatic rings. The number of hydrogen-bond donors (Lipinski definition) is 0. The lowest BCUT2D eigenvalue weighted by Crippen LogP contribution is -2.37. The smallest absolute Gasteiger partial charge is 0.416 e. The van der Waals surface area contributed by atoms with E-state index < -0.39 is 11.7 Å². The van der Waals surface area contributed by atoms with Crippen LogP contribution in [0.1, 0.15) is 62.0 Å². The summed E-state index contributed by atoms with van der Waals surface area (Å²) in [4.78, 5) is 24.2. The number of rotatable bonds is 4. The molecular weight excluding hydrogens is 440 g/mol. The molecule has 1 fully saturated rings. The van der Waals surface area contributed by atoms with Crippen molar-refractivity contribution in [3.8, 4) is 0 Å². The molecule has 1 amide bonds. The van der Waals surface area contributed by atoms with E-state index in [0.717, 1.165) is 41.0 Å². The molecule has 4 aromatic rings. The molecule has 5 rings (SSSR count). The van der Waals surface area contributed by atoms with Crippen molar-refractivity contribution in [1.29, 1.82) is 0 Å². The quantitative estimate of drug-likeness (QED) is 0.373. The lowest BCUT2D eigenvalue weighted by atomic mass is 10.2. The Kier molecular flexibility index (Phi) is 5.08. The van der Waals surface area contributed by atoms with Crippen LogP contribution < -0.4 is 4.90 Å². The summed E-state index contributed by atoms with van der Waals surface area (Å²) < 4.78 is 9.44. The number of nitrogens with zero attached hydrogens (tertiary/aromatic N) is 6. The van der Waals surface area contributed by atoms with Crippen molar-refractivity contribution in [2.75, 3.05) is 4.90 Å². The standard InChI is InChI=1S/C24H27ClN6O2/c1-14-8-15(2)29-12-17(27-20(29)9-14)13-30(23(32)33-24(3,4)5)21-10-19(25)28-22-18(16-6-7-16)11-26-31(21)22/h8-12,16H,6-7,13H2,1-5H3. The number of fused-ring (bicyclic) bond motifs is 2. The molecule has 172 valence electrons. The third-order valence-electron chi connectivity index (χ3n) is 5.63. The molecule has 0 spiro atoms. The zero-order valence-electron chi connectivity index (χ0n) is 19.5. The number of carbonyl (C=O) groups excluding carboxylic acids is 1. The molecule has 1 aliphatic carbocycles. The second kappa shape index (κ2) is 7.73. The molecule has 4 aromatic heterocycles. The normalized spacial score (nSPS) is 14.2. The maximum atomic E-state index is 13.4. The van der Waals surface area contributed by atoms with E-state index in [1.807, 2.05) is 57.5 Å². The highest BCUT2D eigenvalue weighted by Gasteiger charge is 2.31. The Morgan fingerprint density at radius 3 is 2.67 bits per heavy atom. The van der Waals surface area contributed by atoms with Gasteiger partial charge in [-0.15, -0.1) is 0 Å². The van der Waals surface area contributed by atoms with Gasteiger partial charge < -0.3 is 9.14 Å². The van der Waals surface area contributed by atoms with Crippen molar-refractivity contribution < 1.29 is 9.53 Å². The van der Waals surface area contributed by atoms with Crippen molar-refractivity contribution in [2.45, 2.75) is 65.5 Å². The molecule has 0 atom stereocenters. The fourth-order valence-electron chi connectivity index (χ4n) is 4.08. The van der Waals surface area contributed by atoms with E-state index >= 15 is 0 Å². The summed E-state index contributed by atoms with van der Waals surface area (Å²) >= 11 is 6.41. The van der Waals surface area contributed by atoms with E-state index in [2.05, 4.69) is 16.1 Å². The maximum Gasteiger partial charge on any atom is 0.416 e. The molecule has 0 aliphatic heterocycles. The average molecular weight is 467 g/mol. The summed E-state index contributed by atoms with van der Waals surface area (Å²) in [7, 11) is 0. The van der Waals surface area contributed by atoms with Gasteiger partial charge in [-0.25, -0.2) is 14.8 Å². The van der Waals surface area contributed by atoms with Gasteiger partial charge in [-0.3, -0.25) is 4.90 Å². The van der Waals surface area contributed by atoms with E-state index in [4.69, 9.17) is 21.3 Å². The van der Waals surface area contributed by atoms with E-state index in [9.17, 15) is 4.79 Å². The van der Waals surface area contributed by atoms with Crippen LogP contribution in [-0.4, -0.2) is 35.7 Å². The van der Waals surface area contributed by atoms with Gasteiger partial charge in [0.25, 0.3) is 0 Å². The summed E-state index contributed by atoms with van der Waals surface area (Å²) in [5.41, 5.74) is 4.83. The van der Waals surface area contributed by atoms with Gasteiger partial charge in [0.1, 0.15) is 22.2 Å². The minimum absolute atomic E-state index is 0.198. The van der Waals surface area contributed by atoms with Crippen LogP contribution in [0.4, 0.5) is 10.6 Å². The number of aromatic nitrogens is 5. The second-order valence-electron chi connectivity index (χ2n) is 9.75. The first-order valence-corrected chi connectivity index (χ1v) is 11.5. The van der Waals surface area contributed by atoms with Crippen molar-refractivity contribution in [1.82, 2.24) is 24.0 Å². The first-order valence-electron chi connectivity index (χ1n) is 11.1. The third kappa shape index (κ3) is 4.27. The van der Waals surface area contributed by atoms with Gasteiger partial charge >= 0.3 is 6.09 Å². The first kappa shape index (κ1) is 21.7. The molecule has 1 saturated carbocycles. The van der Waals surface area contributed by atoms with Crippen LogP contribution in [0.15, 0.2) is 30.6 Å². The lowest BCUT2D eigenvalue weighted by Gasteiger charge is -2.27. The number of aryl methyl sites for hydroxylation is 2. The Hall–Kier alpha value is -3.13. The third-order valence-corrected chi connectivity index (χ3v) is 5.83. The van der Waals surface area contributed by atoms with Gasteiger partial charge in [0.05, 0.1) is 18.4 Å². The second-order valence-corrected chi connectivity index (χ2v) is 10.1. The SMILES string of the molecule is Cc1cc(C)n2cc(CN(C(=O)OC(C)(C)C)c3cc(Cl)nc4c(C5CC5)cnn34)nc2c1. The van der Waals surface area contributed by atoms with E-state index in [1.165, 1.54) is 4.90 Å². The molecule has 8 nitrogen and oxygen atoms in total. The van der Waals surface area contributed by atoms with Crippen LogP contribution in [0, 0.1) is 13.8 Å². The Balaban J connectivity index is 1.61. The van der Waals surface area contributed by atoms with Crippen molar-refractivity contribution in [3.05, 3.63) is 58.3 Å². The fourth-order valence-corrected chi connectivity index (χ4v) is 4.26. The van der Waals surface area contributed by atoms with Gasteiger partial charge in [-0.05, 0) is 71.1 Å². The first-order chi connectivity index (χ1) is 15.6. The number of imidazole rings is 1. The number of hydrogen-bond acceptors (Lipinski definition) is 5. The summed E-state index contributed by atoms with van der Waals surface area (Å²) in [6.45, 7) is 9.80. The van der Waals surface area contributed by atoms with Gasteiger partial charge in [-0.2, -0.15) is 9.61 Å². The number of ether oxygens (including phenoxy) is 1. The Labute approximate surface area is 197 Å². The van der Waals surface area contributed by atoms with Gasteiger partial charge in [0.2, 0.25) is 0 Å². The summed E-state index contributed by atoms with van der Waals surface area (Å²) in [6, 6.07) is 5.76. The molecule has 4 heterocycles. The zero-order valence-corrected chi connectivity index (χ0v) is 20.2. The molecule has 0 saturated heterocycles. The highest BCUT2D eigenvalue weighted by molar-refractivity contribution is 6.29. The number of amides is 1. The Morgan fingerprint density at radius 1 is 1.21 bits per heavy atom. The maximum absolute atomic E-state index is 13.4. The number of pyridine rings is 1. The molecule has 9 heteroatoms. The Bertz CT molecular complexity index is 1380. The molecular formula is C24H27ClN6O2. The van der Waals surface area contributed by atoms with Crippen LogP contribution in [0.2, 0.25) is 5.15 Å². The van der Waals surface area contributed by atoms with Crippen LogP contribution >= 0.6 is 11.6 Å². The van der Waals surface area contributed by atoms with E-state index in [1.54, 1.807) is 10.6 Å². The largest absolute Gasteiger partial charge is 0.443 e. The van der Waals surface area contributed by atoms with E-state index in [0.29, 0.717) is 22.5 Å². The summed E-state index contributed by atoms with van der Waals surface area (Å²) in [6.07, 6.45) is 5.49. The molecule has 0 aromatic carbocycles. The predicted molar refractivity (Wildman–Crippen MR) is 127 cm³/mol. The highest BCUT2D eigenvalue weighted by atomic mass is 35.5. The number of anilines is 1. The lowest BCUT2D eigenvalue weighted by molar-refractivity contribution is 0.0575. The highest BCUT2D eigenvalue weighted by Crippen LogP contribution is 2.42. The molecule has 0 N–H and O–H groups in total.